The maximum atomic E-state index is 11.7. The number of ether oxygens (including phenoxy) is 2. The predicted molar refractivity (Wildman–Crippen MR) is 85.1 cm³/mol. The number of nitrogens with one attached hydrogen (secondary N) is 1. The number of nitriles is 1. The molecule has 0 amide bonds. The van der Waals surface area contributed by atoms with Crippen molar-refractivity contribution in [2.45, 2.75) is 12.3 Å². The summed E-state index contributed by atoms with van der Waals surface area (Å²) >= 11 is 6.31. The van der Waals surface area contributed by atoms with Crippen LogP contribution in [0.2, 0.25) is 5.02 Å². The topological polar surface area (TPSA) is 114 Å². The number of hydrogen-bond acceptors (Lipinski definition) is 6. The van der Waals surface area contributed by atoms with Gasteiger partial charge in [-0.25, -0.2) is 0 Å². The molecule has 0 spiro atoms. The van der Waals surface area contributed by atoms with Crippen molar-refractivity contribution in [2.24, 2.45) is 5.73 Å². The van der Waals surface area contributed by atoms with E-state index in [2.05, 4.69) is 16.3 Å². The summed E-state index contributed by atoms with van der Waals surface area (Å²) in [5.41, 5.74) is 7.80. The summed E-state index contributed by atoms with van der Waals surface area (Å²) in [4.78, 5) is 11.7. The Morgan fingerprint density at radius 3 is 2.96 bits per heavy atom. The smallest absolute Gasteiger partial charge is 0.311 e. The zero-order valence-electron chi connectivity index (χ0n) is 12.7. The van der Waals surface area contributed by atoms with Gasteiger partial charge in [0.05, 0.1) is 30.7 Å². The van der Waals surface area contributed by atoms with E-state index < -0.39 is 11.9 Å². The lowest BCUT2D eigenvalue weighted by Crippen LogP contribution is -2.22. The maximum Gasteiger partial charge on any atom is 0.311 e. The number of carbonyl (C=O) groups excluding carboxylic acids is 1. The molecule has 0 radical (unpaired) electrons. The number of halogens is 1. The summed E-state index contributed by atoms with van der Waals surface area (Å²) in [7, 11) is 1.30. The number of aromatic nitrogens is 2. The Morgan fingerprint density at radius 1 is 1.54 bits per heavy atom. The fourth-order valence-electron chi connectivity index (χ4n) is 2.68. The number of H-pyrrole nitrogens is 1. The van der Waals surface area contributed by atoms with Crippen LogP contribution in [-0.4, -0.2) is 23.3 Å². The zero-order chi connectivity index (χ0) is 17.3. The number of carbonyl (C=O) groups is 1. The molecule has 0 saturated carbocycles. The van der Waals surface area contributed by atoms with Gasteiger partial charge in [-0.1, -0.05) is 29.8 Å². The monoisotopic (exact) mass is 344 g/mol. The van der Waals surface area contributed by atoms with Crippen LogP contribution in [0.1, 0.15) is 22.7 Å². The third kappa shape index (κ3) is 2.57. The average Bonchev–Trinajstić information content (AvgIpc) is 2.96. The van der Waals surface area contributed by atoms with Gasteiger partial charge in [0.15, 0.2) is 0 Å². The Balaban J connectivity index is 2.20. The molecule has 1 atom stereocenters. The Morgan fingerprint density at radius 2 is 2.29 bits per heavy atom. The van der Waals surface area contributed by atoms with Gasteiger partial charge in [-0.15, -0.1) is 5.10 Å². The van der Waals surface area contributed by atoms with Crippen LogP contribution in [0.3, 0.4) is 0 Å². The molecule has 122 valence electrons. The minimum atomic E-state index is -0.578. The second kappa shape index (κ2) is 6.26. The second-order valence-corrected chi connectivity index (χ2v) is 5.53. The molecule has 1 aromatic carbocycles. The first-order valence-corrected chi connectivity index (χ1v) is 7.40. The van der Waals surface area contributed by atoms with E-state index in [1.165, 1.54) is 7.11 Å². The molecule has 0 saturated heterocycles. The quantitative estimate of drug-likeness (QED) is 0.823. The zero-order valence-corrected chi connectivity index (χ0v) is 13.4. The molecule has 1 aliphatic rings. The molecular weight excluding hydrogens is 332 g/mol. The number of nitrogens with two attached hydrogens (primary N) is 1. The van der Waals surface area contributed by atoms with Crippen molar-refractivity contribution >= 4 is 17.6 Å². The summed E-state index contributed by atoms with van der Waals surface area (Å²) in [6.07, 6.45) is -0.0399. The summed E-state index contributed by atoms with van der Waals surface area (Å²) in [6.45, 7) is 0. The lowest BCUT2D eigenvalue weighted by Gasteiger charge is -2.24. The number of benzene rings is 1. The Kier molecular flexibility index (Phi) is 4.15. The highest BCUT2D eigenvalue weighted by molar-refractivity contribution is 6.31. The number of hydrogen-bond donors (Lipinski definition) is 2. The van der Waals surface area contributed by atoms with E-state index in [4.69, 9.17) is 26.8 Å². The maximum absolute atomic E-state index is 11.7. The first-order valence-electron chi connectivity index (χ1n) is 7.02. The Hall–Kier alpha value is -2.98. The van der Waals surface area contributed by atoms with Gasteiger partial charge in [-0.05, 0) is 11.6 Å². The van der Waals surface area contributed by atoms with Gasteiger partial charge in [0.25, 0.3) is 0 Å². The second-order valence-electron chi connectivity index (χ2n) is 5.12. The van der Waals surface area contributed by atoms with E-state index in [0.717, 1.165) is 0 Å². The van der Waals surface area contributed by atoms with Crippen LogP contribution in [0.15, 0.2) is 35.7 Å². The number of rotatable bonds is 3. The number of nitrogens with zero attached hydrogens (tertiary/aromatic N) is 2. The standard InChI is InChI=1S/C16H13ClN4O3/c1-23-12(22)6-11-14-13(8-4-2-3-5-10(8)17)9(7-18)15(19)24-16(14)21-20-11/h2-5,13H,6,19H2,1H3,(H,20,21)/t13-/m0/s1. The van der Waals surface area contributed by atoms with Crippen LogP contribution in [0.4, 0.5) is 0 Å². The normalized spacial score (nSPS) is 16.1. The fourth-order valence-corrected chi connectivity index (χ4v) is 2.92. The molecular formula is C16H13ClN4O3. The summed E-state index contributed by atoms with van der Waals surface area (Å²) in [6, 6.07) is 9.18. The van der Waals surface area contributed by atoms with E-state index in [-0.39, 0.29) is 23.8 Å². The van der Waals surface area contributed by atoms with Gasteiger partial charge < -0.3 is 15.2 Å². The van der Waals surface area contributed by atoms with Crippen molar-refractivity contribution in [1.29, 1.82) is 5.26 Å². The molecule has 8 heteroatoms. The molecule has 0 aliphatic carbocycles. The Labute approximate surface area is 142 Å². The van der Waals surface area contributed by atoms with Gasteiger partial charge >= 0.3 is 5.97 Å². The number of fused-ring (bicyclic) bond motifs is 1. The van der Waals surface area contributed by atoms with Crippen LogP contribution in [-0.2, 0) is 16.0 Å². The van der Waals surface area contributed by atoms with E-state index in [1.54, 1.807) is 18.2 Å². The molecule has 3 rings (SSSR count). The number of methoxy groups -OCH3 is 1. The van der Waals surface area contributed by atoms with E-state index in [0.29, 0.717) is 21.8 Å². The highest BCUT2D eigenvalue weighted by Crippen LogP contribution is 2.44. The van der Waals surface area contributed by atoms with Gasteiger partial charge in [0.2, 0.25) is 11.8 Å². The summed E-state index contributed by atoms with van der Waals surface area (Å²) < 4.78 is 10.1. The average molecular weight is 345 g/mol. The molecule has 0 bridgehead atoms. The van der Waals surface area contributed by atoms with Crippen LogP contribution in [0.5, 0.6) is 5.88 Å². The third-order valence-electron chi connectivity index (χ3n) is 3.78. The molecule has 1 aromatic heterocycles. The highest BCUT2D eigenvalue weighted by Gasteiger charge is 2.36. The molecule has 2 aromatic rings. The molecule has 0 unspecified atom stereocenters. The largest absolute Gasteiger partial charge is 0.469 e. The van der Waals surface area contributed by atoms with Crippen molar-refractivity contribution in [1.82, 2.24) is 10.2 Å². The number of esters is 1. The van der Waals surface area contributed by atoms with Crippen molar-refractivity contribution in [3.05, 3.63) is 57.6 Å². The van der Waals surface area contributed by atoms with E-state index >= 15 is 0 Å². The summed E-state index contributed by atoms with van der Waals surface area (Å²) in [5.74, 6) is -0.840. The lowest BCUT2D eigenvalue weighted by molar-refractivity contribution is -0.139. The van der Waals surface area contributed by atoms with Crippen molar-refractivity contribution in [2.75, 3.05) is 7.11 Å². The van der Waals surface area contributed by atoms with E-state index in [9.17, 15) is 10.1 Å². The summed E-state index contributed by atoms with van der Waals surface area (Å²) in [5, 5.41) is 16.8. The highest BCUT2D eigenvalue weighted by atomic mass is 35.5. The minimum absolute atomic E-state index is 0.0361. The minimum Gasteiger partial charge on any atom is -0.469 e. The Bertz CT molecular complexity index is 882. The van der Waals surface area contributed by atoms with Crippen LogP contribution >= 0.6 is 11.6 Å². The molecule has 1 aliphatic heterocycles. The molecule has 0 fully saturated rings. The fraction of sp³-hybridized carbons (Fsp3) is 0.188. The number of aromatic amines is 1. The first-order chi connectivity index (χ1) is 11.6. The SMILES string of the molecule is COC(=O)Cc1[nH]nc2c1[C@@H](c1ccccc1Cl)C(C#N)=C(N)O2. The van der Waals surface area contributed by atoms with Gasteiger partial charge in [0, 0.05) is 5.02 Å². The molecule has 3 N–H and O–H groups in total. The third-order valence-corrected chi connectivity index (χ3v) is 4.13. The molecule has 24 heavy (non-hydrogen) atoms. The van der Waals surface area contributed by atoms with Gasteiger partial charge in [-0.3, -0.25) is 9.89 Å². The van der Waals surface area contributed by atoms with Gasteiger partial charge in [0.1, 0.15) is 11.6 Å². The molecule has 2 heterocycles. The first kappa shape index (κ1) is 15.9. The van der Waals surface area contributed by atoms with Crippen LogP contribution < -0.4 is 10.5 Å². The lowest BCUT2D eigenvalue weighted by atomic mass is 9.83. The van der Waals surface area contributed by atoms with Gasteiger partial charge in [-0.2, -0.15) is 5.26 Å². The van der Waals surface area contributed by atoms with Crippen molar-refractivity contribution in [3.63, 3.8) is 0 Å². The van der Waals surface area contributed by atoms with E-state index in [1.807, 2.05) is 6.07 Å². The van der Waals surface area contributed by atoms with Crippen LogP contribution in [0, 0.1) is 11.3 Å². The molecule has 7 nitrogen and oxygen atoms in total. The predicted octanol–water partition coefficient (Wildman–Crippen LogP) is 2.00. The van der Waals surface area contributed by atoms with Crippen LogP contribution in [0.25, 0.3) is 0 Å². The van der Waals surface area contributed by atoms with Crippen molar-refractivity contribution in [3.8, 4) is 11.9 Å². The number of allylic oxidation sites excluding steroid dienone is 1. The van der Waals surface area contributed by atoms with Crippen molar-refractivity contribution < 1.29 is 14.3 Å².